The summed E-state index contributed by atoms with van der Waals surface area (Å²) in [7, 11) is 0. The summed E-state index contributed by atoms with van der Waals surface area (Å²) in [5, 5.41) is 21.0. The normalized spacial score (nSPS) is 11.8. The Morgan fingerprint density at radius 2 is 2.25 bits per heavy atom. The van der Waals surface area contributed by atoms with Crippen molar-refractivity contribution in [3.05, 3.63) is 28.1 Å². The van der Waals surface area contributed by atoms with E-state index < -0.39 is 22.8 Å². The van der Waals surface area contributed by atoms with Crippen molar-refractivity contribution in [1.82, 2.24) is 10.3 Å². The van der Waals surface area contributed by atoms with Gasteiger partial charge in [0.2, 0.25) is 0 Å². The second kappa shape index (κ2) is 4.43. The van der Waals surface area contributed by atoms with Crippen LogP contribution in [0.5, 0.6) is 0 Å². The summed E-state index contributed by atoms with van der Waals surface area (Å²) in [5.74, 6) is -1.89. The number of hydrogen-bond donors (Lipinski definition) is 3. The number of carboxylic acids is 1. The maximum absolute atomic E-state index is 11.4. The summed E-state index contributed by atoms with van der Waals surface area (Å²) in [4.78, 5) is 33.9. The van der Waals surface area contributed by atoms with Crippen LogP contribution in [-0.2, 0) is 4.79 Å². The van der Waals surface area contributed by atoms with Gasteiger partial charge in [-0.1, -0.05) is 0 Å². The summed E-state index contributed by atoms with van der Waals surface area (Å²) in [6.07, 6.45) is 1.06. The minimum absolute atomic E-state index is 0.0557. The van der Waals surface area contributed by atoms with Gasteiger partial charge in [0, 0.05) is 6.07 Å². The van der Waals surface area contributed by atoms with Crippen LogP contribution in [0.1, 0.15) is 17.4 Å². The van der Waals surface area contributed by atoms with Gasteiger partial charge in [0.1, 0.15) is 11.7 Å². The highest BCUT2D eigenvalue weighted by Crippen LogP contribution is 2.11. The molecule has 1 aromatic rings. The second-order valence-electron chi connectivity index (χ2n) is 3.06. The van der Waals surface area contributed by atoms with Crippen LogP contribution in [0.25, 0.3) is 0 Å². The molecule has 0 saturated carbocycles. The number of hydrogen-bond acceptors (Lipinski definition) is 4. The monoisotopic (exact) mass is 227 g/mol. The van der Waals surface area contributed by atoms with E-state index in [1.807, 2.05) is 0 Å². The van der Waals surface area contributed by atoms with E-state index >= 15 is 0 Å². The van der Waals surface area contributed by atoms with Crippen LogP contribution in [0.4, 0.5) is 5.69 Å². The van der Waals surface area contributed by atoms with Crippen LogP contribution >= 0.6 is 0 Å². The molecule has 16 heavy (non-hydrogen) atoms. The first kappa shape index (κ1) is 11.7. The fourth-order valence-corrected chi connectivity index (χ4v) is 0.956. The Labute approximate surface area is 89.4 Å². The molecule has 0 aliphatic carbocycles. The van der Waals surface area contributed by atoms with Gasteiger partial charge in [-0.05, 0) is 6.92 Å². The van der Waals surface area contributed by atoms with Crippen LogP contribution in [0.3, 0.4) is 0 Å². The summed E-state index contributed by atoms with van der Waals surface area (Å²) in [6.45, 7) is 1.29. The number of aromatic nitrogens is 1. The maximum Gasteiger partial charge on any atom is 0.325 e. The van der Waals surface area contributed by atoms with Crippen molar-refractivity contribution in [3.63, 3.8) is 0 Å². The number of aliphatic carboxylic acids is 1. The molecule has 1 rings (SSSR count). The number of nitrogens with one attached hydrogen (secondary N) is 2. The van der Waals surface area contributed by atoms with Crippen molar-refractivity contribution >= 4 is 17.6 Å². The Kier molecular flexibility index (Phi) is 3.24. The lowest BCUT2D eigenvalue weighted by atomic mass is 10.3. The number of H-pyrrole nitrogens is 1. The molecule has 8 nitrogen and oxygen atoms in total. The quantitative estimate of drug-likeness (QED) is 0.497. The van der Waals surface area contributed by atoms with Gasteiger partial charge in [-0.2, -0.15) is 0 Å². The van der Waals surface area contributed by atoms with Gasteiger partial charge in [0.25, 0.3) is 11.6 Å². The van der Waals surface area contributed by atoms with Crippen LogP contribution in [0.15, 0.2) is 12.3 Å². The molecular weight excluding hydrogens is 218 g/mol. The zero-order chi connectivity index (χ0) is 12.3. The van der Waals surface area contributed by atoms with Crippen molar-refractivity contribution in [2.24, 2.45) is 0 Å². The molecule has 8 heteroatoms. The maximum atomic E-state index is 11.4. The Bertz CT molecular complexity index is 439. The van der Waals surface area contributed by atoms with Crippen molar-refractivity contribution < 1.29 is 19.6 Å². The van der Waals surface area contributed by atoms with Crippen LogP contribution in [-0.4, -0.2) is 32.9 Å². The number of carboxylic acid groups (broad SMARTS) is 1. The molecule has 0 spiro atoms. The number of nitrogens with zero attached hydrogens (tertiary/aromatic N) is 1. The van der Waals surface area contributed by atoms with E-state index in [9.17, 15) is 19.7 Å². The van der Waals surface area contributed by atoms with E-state index in [4.69, 9.17) is 5.11 Å². The highest BCUT2D eigenvalue weighted by atomic mass is 16.6. The lowest BCUT2D eigenvalue weighted by Gasteiger charge is -2.07. The molecule has 0 aromatic carbocycles. The molecule has 0 saturated heterocycles. The summed E-state index contributed by atoms with van der Waals surface area (Å²) in [5.41, 5.74) is -0.312. The number of rotatable bonds is 4. The van der Waals surface area contributed by atoms with Gasteiger partial charge in [-0.25, -0.2) is 0 Å². The van der Waals surface area contributed by atoms with Gasteiger partial charge in [0.15, 0.2) is 0 Å². The summed E-state index contributed by atoms with van der Waals surface area (Å²) in [6, 6.07) is -0.0287. The number of aromatic amines is 1. The molecule has 0 bridgehead atoms. The van der Waals surface area contributed by atoms with Gasteiger partial charge in [-0.15, -0.1) is 0 Å². The van der Waals surface area contributed by atoms with Crippen LogP contribution in [0, 0.1) is 10.1 Å². The van der Waals surface area contributed by atoms with E-state index in [0.29, 0.717) is 0 Å². The highest BCUT2D eigenvalue weighted by Gasteiger charge is 2.18. The predicted molar refractivity (Wildman–Crippen MR) is 52.0 cm³/mol. The second-order valence-corrected chi connectivity index (χ2v) is 3.06. The van der Waals surface area contributed by atoms with Crippen molar-refractivity contribution in [2.45, 2.75) is 13.0 Å². The molecule has 0 fully saturated rings. The number of carbonyl (C=O) groups excluding carboxylic acids is 1. The van der Waals surface area contributed by atoms with Crippen molar-refractivity contribution in [2.75, 3.05) is 0 Å². The van der Waals surface area contributed by atoms with Gasteiger partial charge in [0.05, 0.1) is 11.1 Å². The molecule has 86 valence electrons. The number of carbonyl (C=O) groups is 2. The van der Waals surface area contributed by atoms with E-state index in [1.54, 1.807) is 0 Å². The molecule has 1 unspecified atom stereocenters. The fraction of sp³-hybridized carbons (Fsp3) is 0.250. The standard InChI is InChI=1S/C8H9N3O5/c1-4(8(13)14)10-7(12)6-2-5(3-9-6)11(15)16/h2-4,9H,1H3,(H,10,12)(H,13,14). The summed E-state index contributed by atoms with van der Waals surface area (Å²) < 4.78 is 0. The minimum Gasteiger partial charge on any atom is -0.480 e. The molecular formula is C8H9N3O5. The first-order valence-electron chi connectivity index (χ1n) is 4.28. The Hall–Kier alpha value is -2.38. The average molecular weight is 227 g/mol. The van der Waals surface area contributed by atoms with E-state index in [1.165, 1.54) is 6.92 Å². The van der Waals surface area contributed by atoms with Gasteiger partial charge in [-0.3, -0.25) is 19.7 Å². The Morgan fingerprint density at radius 3 is 2.69 bits per heavy atom. The van der Waals surface area contributed by atoms with Crippen LogP contribution < -0.4 is 5.32 Å². The first-order chi connectivity index (χ1) is 7.41. The van der Waals surface area contributed by atoms with Crippen molar-refractivity contribution in [3.8, 4) is 0 Å². The largest absolute Gasteiger partial charge is 0.480 e. The van der Waals surface area contributed by atoms with Gasteiger partial charge >= 0.3 is 5.97 Å². The summed E-state index contributed by atoms with van der Waals surface area (Å²) >= 11 is 0. The fourth-order valence-electron chi connectivity index (χ4n) is 0.956. The molecule has 1 heterocycles. The Balaban J connectivity index is 2.73. The molecule has 0 radical (unpaired) electrons. The first-order valence-corrected chi connectivity index (χ1v) is 4.28. The van der Waals surface area contributed by atoms with E-state index in [2.05, 4.69) is 10.3 Å². The topological polar surface area (TPSA) is 125 Å². The third-order valence-corrected chi connectivity index (χ3v) is 1.84. The third kappa shape index (κ3) is 2.56. The number of amides is 1. The lowest BCUT2D eigenvalue weighted by molar-refractivity contribution is -0.384. The average Bonchev–Trinajstić information content (AvgIpc) is 2.65. The molecule has 3 N–H and O–H groups in total. The van der Waals surface area contributed by atoms with Gasteiger partial charge < -0.3 is 15.4 Å². The Morgan fingerprint density at radius 1 is 1.62 bits per heavy atom. The number of nitro groups is 1. The SMILES string of the molecule is CC(NC(=O)c1cc([N+](=O)[O-])c[nH]1)C(=O)O. The molecule has 1 atom stereocenters. The third-order valence-electron chi connectivity index (χ3n) is 1.84. The smallest absolute Gasteiger partial charge is 0.325 e. The zero-order valence-electron chi connectivity index (χ0n) is 8.26. The predicted octanol–water partition coefficient (Wildman–Crippen LogP) is 0.126. The highest BCUT2D eigenvalue weighted by molar-refractivity contribution is 5.95. The molecule has 0 aliphatic heterocycles. The zero-order valence-corrected chi connectivity index (χ0v) is 8.26. The van der Waals surface area contributed by atoms with E-state index in [-0.39, 0.29) is 11.4 Å². The molecule has 1 amide bonds. The molecule has 0 aliphatic rings. The minimum atomic E-state index is -1.19. The molecule has 1 aromatic heterocycles. The van der Waals surface area contributed by atoms with Crippen molar-refractivity contribution in [1.29, 1.82) is 0 Å². The van der Waals surface area contributed by atoms with Crippen LogP contribution in [0.2, 0.25) is 0 Å². The van der Waals surface area contributed by atoms with E-state index in [0.717, 1.165) is 12.3 Å². The lowest BCUT2D eigenvalue weighted by Crippen LogP contribution is -2.38.